The number of hydrogen-bond acceptors (Lipinski definition) is 0. The molecule has 0 heteroatoms. The van der Waals surface area contributed by atoms with Crippen LogP contribution in [-0.2, 0) is 0 Å². The Morgan fingerprint density at radius 1 is 0.533 bits per heavy atom. The van der Waals surface area contributed by atoms with Crippen LogP contribution in [0.15, 0.2) is 0 Å². The molecule has 0 N–H and O–H groups in total. The molecule has 8 atom stereocenters. The molecule has 0 aromatic heterocycles. The quantitative estimate of drug-likeness (QED) is 0.249. The third-order valence-electron chi connectivity index (χ3n) is 12.2. The van der Waals surface area contributed by atoms with Gasteiger partial charge in [-0.15, -0.1) is 0 Å². The number of rotatable bonds is 14. The topological polar surface area (TPSA) is 0 Å². The van der Waals surface area contributed by atoms with E-state index in [1.165, 1.54) is 64.2 Å². The highest BCUT2D eigenvalue weighted by molar-refractivity contribution is 5.51. The minimum Gasteiger partial charge on any atom is -0.0654 e. The molecule has 5 aliphatic rings. The smallest absolute Gasteiger partial charge is 0.0106 e. The van der Waals surface area contributed by atoms with E-state index in [1.807, 2.05) is 0 Å². The molecule has 0 nitrogen and oxygen atoms in total. The van der Waals surface area contributed by atoms with E-state index in [-0.39, 0.29) is 0 Å². The second-order valence-corrected chi connectivity index (χ2v) is 12.6. The van der Waals surface area contributed by atoms with E-state index >= 15 is 0 Å². The highest BCUT2D eigenvalue weighted by Gasteiger charge is 3.05. The molecule has 5 aliphatic carbocycles. The number of unbranched alkanes of at least 4 members (excludes halogenated alkanes) is 6. The van der Waals surface area contributed by atoms with Crippen molar-refractivity contribution < 1.29 is 0 Å². The highest BCUT2D eigenvalue weighted by Crippen LogP contribution is 3.09. The lowest BCUT2D eigenvalue weighted by Gasteiger charge is -2.73. The van der Waals surface area contributed by atoms with E-state index in [2.05, 4.69) is 27.7 Å². The van der Waals surface area contributed by atoms with E-state index in [0.717, 1.165) is 45.3 Å². The van der Waals surface area contributed by atoms with Crippen LogP contribution in [0.2, 0.25) is 0 Å². The molecular weight excluding hydrogens is 360 g/mol. The van der Waals surface area contributed by atoms with Gasteiger partial charge in [-0.05, 0) is 96.7 Å². The second-order valence-electron chi connectivity index (χ2n) is 12.6. The average molecular weight is 413 g/mol. The van der Waals surface area contributed by atoms with Gasteiger partial charge < -0.3 is 0 Å². The summed E-state index contributed by atoms with van der Waals surface area (Å²) in [5, 5.41) is 0. The highest BCUT2D eigenvalue weighted by atomic mass is 15.1. The van der Waals surface area contributed by atoms with E-state index in [4.69, 9.17) is 0 Å². The van der Waals surface area contributed by atoms with Gasteiger partial charge >= 0.3 is 0 Å². The molecule has 0 amide bonds. The van der Waals surface area contributed by atoms with Crippen LogP contribution in [0.25, 0.3) is 0 Å². The molecule has 0 bridgehead atoms. The van der Waals surface area contributed by atoms with Gasteiger partial charge in [-0.1, -0.05) is 91.9 Å². The fourth-order valence-corrected chi connectivity index (χ4v) is 12.0. The Bertz CT molecular complexity index is 568. The summed E-state index contributed by atoms with van der Waals surface area (Å²) in [6, 6.07) is 0. The third-order valence-corrected chi connectivity index (χ3v) is 12.2. The molecule has 5 rings (SSSR count). The van der Waals surface area contributed by atoms with Crippen LogP contribution in [0.4, 0.5) is 0 Å². The maximum atomic E-state index is 2.46. The Morgan fingerprint density at radius 3 is 1.30 bits per heavy atom. The van der Waals surface area contributed by atoms with Crippen LogP contribution < -0.4 is 0 Å². The molecule has 0 aromatic carbocycles. The van der Waals surface area contributed by atoms with E-state index in [0.29, 0.717) is 0 Å². The maximum absolute atomic E-state index is 2.46. The Balaban J connectivity index is 1.49. The van der Waals surface area contributed by atoms with Crippen molar-refractivity contribution in [1.29, 1.82) is 0 Å². The summed E-state index contributed by atoms with van der Waals surface area (Å²) in [6.07, 6.45) is 27.7. The van der Waals surface area contributed by atoms with E-state index < -0.39 is 0 Å². The van der Waals surface area contributed by atoms with Gasteiger partial charge in [0.25, 0.3) is 0 Å². The molecule has 0 aromatic rings. The van der Waals surface area contributed by atoms with Crippen molar-refractivity contribution in [2.75, 3.05) is 0 Å². The van der Waals surface area contributed by atoms with Crippen molar-refractivity contribution in [2.24, 2.45) is 45.3 Å². The summed E-state index contributed by atoms with van der Waals surface area (Å²) < 4.78 is 0. The standard InChI is InChI=1S/C30H52/c1-5-9-13-15-23-25-17-21-27(19-11-7-3)28(20-12-8-4)22-18-26-24(16-14-10-6-2)30(26,28)29(23,25)27/h23-26H,5-22H2,1-4H3/t23-,24-,25-,26-,27-,28-,29?,30?/m0/s1. The van der Waals surface area contributed by atoms with Crippen molar-refractivity contribution in [1.82, 2.24) is 0 Å². The lowest BCUT2D eigenvalue weighted by molar-refractivity contribution is -0.261. The lowest BCUT2D eigenvalue weighted by atomic mass is 9.30. The maximum Gasteiger partial charge on any atom is -0.0106 e. The van der Waals surface area contributed by atoms with E-state index in [1.54, 1.807) is 51.4 Å². The van der Waals surface area contributed by atoms with Gasteiger partial charge in [0.05, 0.1) is 0 Å². The molecule has 0 aliphatic heterocycles. The Labute approximate surface area is 188 Å². The molecule has 0 saturated heterocycles. The number of fused-ring (bicyclic) bond motifs is 1. The predicted molar refractivity (Wildman–Crippen MR) is 129 cm³/mol. The minimum absolute atomic E-state index is 0.793. The monoisotopic (exact) mass is 412 g/mol. The summed E-state index contributed by atoms with van der Waals surface area (Å²) >= 11 is 0. The second kappa shape index (κ2) is 7.80. The normalized spacial score (nSPS) is 49.2. The molecule has 0 heterocycles. The molecule has 2 spiro atoms. The van der Waals surface area contributed by atoms with Crippen LogP contribution in [0.3, 0.4) is 0 Å². The summed E-state index contributed by atoms with van der Waals surface area (Å²) in [7, 11) is 0. The SMILES string of the molecule is CCCCC[C@H]1[C@@H]2CC[C@]3(CCCC)C12C12[C@@H](CCCCC)[C@@H]1CC[C@]23CCCC. The zero-order valence-corrected chi connectivity index (χ0v) is 21.0. The first-order valence-corrected chi connectivity index (χ1v) is 14.7. The van der Waals surface area contributed by atoms with Crippen LogP contribution in [0.1, 0.15) is 143 Å². The summed E-state index contributed by atoms with van der Waals surface area (Å²) in [6.45, 7) is 9.70. The van der Waals surface area contributed by atoms with E-state index in [9.17, 15) is 0 Å². The van der Waals surface area contributed by atoms with Gasteiger partial charge in [0.2, 0.25) is 0 Å². The molecular formula is C30H52. The van der Waals surface area contributed by atoms with Crippen molar-refractivity contribution in [2.45, 2.75) is 143 Å². The van der Waals surface area contributed by atoms with Crippen LogP contribution in [0, 0.1) is 45.3 Å². The lowest BCUT2D eigenvalue weighted by Crippen LogP contribution is -2.68. The molecule has 30 heavy (non-hydrogen) atoms. The largest absolute Gasteiger partial charge is 0.0654 e. The first-order valence-electron chi connectivity index (χ1n) is 14.7. The molecule has 172 valence electrons. The van der Waals surface area contributed by atoms with Crippen molar-refractivity contribution in [3.63, 3.8) is 0 Å². The third kappa shape index (κ3) is 2.21. The van der Waals surface area contributed by atoms with Gasteiger partial charge in [0.1, 0.15) is 0 Å². The number of hydrogen-bond donors (Lipinski definition) is 0. The average Bonchev–Trinajstić information content (AvgIpc) is 3.53. The molecule has 5 saturated carbocycles. The van der Waals surface area contributed by atoms with Crippen molar-refractivity contribution >= 4 is 0 Å². The molecule has 2 unspecified atom stereocenters. The zero-order valence-electron chi connectivity index (χ0n) is 21.0. The zero-order chi connectivity index (χ0) is 21.0. The van der Waals surface area contributed by atoms with Gasteiger partial charge in [0.15, 0.2) is 0 Å². The van der Waals surface area contributed by atoms with Gasteiger partial charge in [-0.25, -0.2) is 0 Å². The fourth-order valence-electron chi connectivity index (χ4n) is 12.0. The summed E-state index contributed by atoms with van der Waals surface area (Å²) in [4.78, 5) is 0. The minimum atomic E-state index is 0.793. The Hall–Kier alpha value is 0. The van der Waals surface area contributed by atoms with Crippen molar-refractivity contribution in [3.8, 4) is 0 Å². The summed E-state index contributed by atoms with van der Waals surface area (Å²) in [5.41, 5.74) is 3.30. The fraction of sp³-hybridized carbons (Fsp3) is 1.00. The van der Waals surface area contributed by atoms with Gasteiger partial charge in [0, 0.05) is 0 Å². The van der Waals surface area contributed by atoms with Gasteiger partial charge in [-0.2, -0.15) is 0 Å². The van der Waals surface area contributed by atoms with Crippen LogP contribution in [0.5, 0.6) is 0 Å². The Morgan fingerprint density at radius 2 is 0.933 bits per heavy atom. The predicted octanol–water partition coefficient (Wildman–Crippen LogP) is 9.57. The summed E-state index contributed by atoms with van der Waals surface area (Å²) in [5.74, 6) is 4.64. The van der Waals surface area contributed by atoms with Crippen LogP contribution in [-0.4, -0.2) is 0 Å². The first kappa shape index (κ1) is 21.8. The van der Waals surface area contributed by atoms with Gasteiger partial charge in [-0.3, -0.25) is 0 Å². The molecule has 0 radical (unpaired) electrons. The molecule has 5 fully saturated rings. The first-order chi connectivity index (χ1) is 14.7. The Kier molecular flexibility index (Phi) is 5.67. The van der Waals surface area contributed by atoms with Crippen LogP contribution >= 0.6 is 0 Å². The van der Waals surface area contributed by atoms with Crippen molar-refractivity contribution in [3.05, 3.63) is 0 Å².